The molecule has 140 valence electrons. The quantitative estimate of drug-likeness (QED) is 0.497. The number of rotatable bonds is 4. The number of fused-ring (bicyclic) bond motifs is 2. The molecule has 6 heteroatoms. The fourth-order valence-corrected chi connectivity index (χ4v) is 4.88. The van der Waals surface area contributed by atoms with Gasteiger partial charge < -0.3 is 4.74 Å². The van der Waals surface area contributed by atoms with Gasteiger partial charge in [0.1, 0.15) is 0 Å². The second-order valence-electron chi connectivity index (χ2n) is 6.41. The molecule has 0 unspecified atom stereocenters. The van der Waals surface area contributed by atoms with Crippen molar-refractivity contribution >= 4 is 21.6 Å². The maximum absolute atomic E-state index is 12.9. The summed E-state index contributed by atoms with van der Waals surface area (Å²) in [6.45, 7) is 0.175. The van der Waals surface area contributed by atoms with E-state index in [0.29, 0.717) is 6.42 Å². The van der Waals surface area contributed by atoms with Crippen LogP contribution in [0.2, 0.25) is 0 Å². The Morgan fingerprint density at radius 1 is 0.821 bits per heavy atom. The van der Waals surface area contributed by atoms with Crippen molar-refractivity contribution in [2.24, 2.45) is 0 Å². The Bertz CT molecular complexity index is 1180. The number of hydrogen-bond donors (Lipinski definition) is 0. The highest BCUT2D eigenvalue weighted by Crippen LogP contribution is 2.34. The Labute approximate surface area is 162 Å². The molecule has 1 heterocycles. The Hall–Kier alpha value is -3.25. The first-order valence-corrected chi connectivity index (χ1v) is 10.2. The molecule has 0 aliphatic carbocycles. The van der Waals surface area contributed by atoms with Crippen LogP contribution in [-0.4, -0.2) is 26.8 Å². The van der Waals surface area contributed by atoms with Crippen LogP contribution >= 0.6 is 0 Å². The third-order valence-corrected chi connectivity index (χ3v) is 6.49. The molecule has 0 atom stereocenters. The van der Waals surface area contributed by atoms with Crippen LogP contribution in [0.1, 0.15) is 31.8 Å². The average molecular weight is 392 g/mol. The van der Waals surface area contributed by atoms with E-state index < -0.39 is 15.8 Å². The average Bonchev–Trinajstić information content (AvgIpc) is 2.73. The zero-order valence-electron chi connectivity index (χ0n) is 14.8. The highest BCUT2D eigenvalue weighted by Gasteiger charge is 2.35. The molecule has 0 amide bonds. The molecule has 4 rings (SSSR count). The van der Waals surface area contributed by atoms with Gasteiger partial charge in [0.25, 0.3) is 0 Å². The van der Waals surface area contributed by atoms with Gasteiger partial charge >= 0.3 is 5.97 Å². The van der Waals surface area contributed by atoms with Crippen LogP contribution in [0.25, 0.3) is 0 Å². The van der Waals surface area contributed by atoms with Gasteiger partial charge in [-0.2, -0.15) is 0 Å². The number of hydrogen-bond acceptors (Lipinski definition) is 5. The fourth-order valence-electron chi connectivity index (χ4n) is 3.20. The van der Waals surface area contributed by atoms with E-state index in [0.717, 1.165) is 5.56 Å². The summed E-state index contributed by atoms with van der Waals surface area (Å²) in [5, 5.41) is 0. The molecule has 1 aliphatic rings. The Kier molecular flexibility index (Phi) is 4.57. The largest absolute Gasteiger partial charge is 0.462 e. The fraction of sp³-hybridized carbons (Fsp3) is 0.0909. The standard InChI is InChI=1S/C22H16O5S/c23-21-17-8-4-5-9-19(17)28(25,26)20-14-16(10-11-18(20)21)22(24)27-13-12-15-6-2-1-3-7-15/h1-11,14H,12-13H2. The lowest BCUT2D eigenvalue weighted by Crippen LogP contribution is -2.21. The summed E-state index contributed by atoms with van der Waals surface area (Å²) in [5.41, 5.74) is 1.35. The normalized spacial score (nSPS) is 14.1. The van der Waals surface area contributed by atoms with E-state index in [4.69, 9.17) is 4.74 Å². The molecular weight excluding hydrogens is 376 g/mol. The molecule has 0 N–H and O–H groups in total. The number of carbonyl (C=O) groups is 2. The van der Waals surface area contributed by atoms with Crippen LogP contribution in [0.15, 0.2) is 82.6 Å². The molecule has 28 heavy (non-hydrogen) atoms. The van der Waals surface area contributed by atoms with Crippen LogP contribution in [0, 0.1) is 0 Å². The van der Waals surface area contributed by atoms with Gasteiger partial charge in [-0.1, -0.05) is 42.5 Å². The van der Waals surface area contributed by atoms with E-state index in [1.54, 1.807) is 12.1 Å². The smallest absolute Gasteiger partial charge is 0.338 e. The SMILES string of the molecule is O=C(OCCc1ccccc1)c1ccc2c(c1)S(=O)(=O)c1ccccc1C2=O. The van der Waals surface area contributed by atoms with Gasteiger partial charge in [-0.15, -0.1) is 0 Å². The van der Waals surface area contributed by atoms with Gasteiger partial charge in [0, 0.05) is 17.5 Å². The van der Waals surface area contributed by atoms with Gasteiger partial charge in [0.15, 0.2) is 5.78 Å². The summed E-state index contributed by atoms with van der Waals surface area (Å²) in [6.07, 6.45) is 0.557. The highest BCUT2D eigenvalue weighted by atomic mass is 32.2. The number of ketones is 1. The lowest BCUT2D eigenvalue weighted by molar-refractivity contribution is 0.0508. The van der Waals surface area contributed by atoms with Crippen molar-refractivity contribution < 1.29 is 22.7 Å². The molecule has 0 aromatic heterocycles. The molecule has 0 bridgehead atoms. The number of carbonyl (C=O) groups excluding carboxylic acids is 2. The third kappa shape index (κ3) is 3.12. The Morgan fingerprint density at radius 3 is 2.29 bits per heavy atom. The van der Waals surface area contributed by atoms with Crippen LogP contribution in [0.4, 0.5) is 0 Å². The lowest BCUT2D eigenvalue weighted by Gasteiger charge is -2.19. The molecule has 3 aromatic carbocycles. The number of esters is 1. The van der Waals surface area contributed by atoms with E-state index in [2.05, 4.69) is 0 Å². The van der Waals surface area contributed by atoms with Crippen molar-refractivity contribution in [1.82, 2.24) is 0 Å². The van der Waals surface area contributed by atoms with Crippen molar-refractivity contribution in [3.8, 4) is 0 Å². The van der Waals surface area contributed by atoms with E-state index in [9.17, 15) is 18.0 Å². The lowest BCUT2D eigenvalue weighted by atomic mass is 10.0. The first kappa shape index (κ1) is 18.1. The van der Waals surface area contributed by atoms with Crippen molar-refractivity contribution in [3.63, 3.8) is 0 Å². The molecule has 3 aromatic rings. The van der Waals surface area contributed by atoms with Crippen molar-refractivity contribution in [2.75, 3.05) is 6.61 Å². The van der Waals surface area contributed by atoms with Crippen LogP contribution in [-0.2, 0) is 21.0 Å². The monoisotopic (exact) mass is 392 g/mol. The second-order valence-corrected chi connectivity index (χ2v) is 8.30. The molecule has 0 fully saturated rings. The Morgan fingerprint density at radius 2 is 1.50 bits per heavy atom. The van der Waals surface area contributed by atoms with E-state index in [1.807, 2.05) is 30.3 Å². The van der Waals surface area contributed by atoms with Crippen molar-refractivity contribution in [3.05, 3.63) is 95.1 Å². The summed E-state index contributed by atoms with van der Waals surface area (Å²) in [7, 11) is -3.88. The van der Waals surface area contributed by atoms with Gasteiger partial charge in [-0.25, -0.2) is 13.2 Å². The Balaban J connectivity index is 1.59. The molecule has 5 nitrogen and oxygen atoms in total. The molecule has 0 saturated carbocycles. The molecule has 0 saturated heterocycles. The summed E-state index contributed by atoms with van der Waals surface area (Å²) < 4.78 is 31.1. The minimum absolute atomic E-state index is 0.0397. The molecular formula is C22H16O5S. The predicted octanol–water partition coefficient (Wildman–Crippen LogP) is 3.46. The van der Waals surface area contributed by atoms with Crippen molar-refractivity contribution in [1.29, 1.82) is 0 Å². The van der Waals surface area contributed by atoms with Crippen molar-refractivity contribution in [2.45, 2.75) is 16.2 Å². The summed E-state index contributed by atoms with van der Waals surface area (Å²) in [6, 6.07) is 19.7. The minimum Gasteiger partial charge on any atom is -0.462 e. The predicted molar refractivity (Wildman–Crippen MR) is 102 cm³/mol. The maximum Gasteiger partial charge on any atom is 0.338 e. The number of ether oxygens (including phenoxy) is 1. The molecule has 1 aliphatic heterocycles. The zero-order valence-corrected chi connectivity index (χ0v) is 15.6. The van der Waals surface area contributed by atoms with E-state index in [1.165, 1.54) is 30.3 Å². The maximum atomic E-state index is 12.9. The first-order valence-electron chi connectivity index (χ1n) is 8.72. The summed E-state index contributed by atoms with van der Waals surface area (Å²) in [5.74, 6) is -0.996. The molecule has 0 radical (unpaired) electrons. The first-order chi connectivity index (χ1) is 13.5. The van der Waals surface area contributed by atoms with Gasteiger partial charge in [0.05, 0.1) is 22.0 Å². The van der Waals surface area contributed by atoms with Crippen LogP contribution in [0.5, 0.6) is 0 Å². The zero-order chi connectivity index (χ0) is 19.7. The number of benzene rings is 3. The molecule has 0 spiro atoms. The summed E-state index contributed by atoms with van der Waals surface area (Å²) in [4.78, 5) is 24.8. The highest BCUT2D eigenvalue weighted by molar-refractivity contribution is 7.91. The van der Waals surface area contributed by atoms with Crippen LogP contribution in [0.3, 0.4) is 0 Å². The number of sulfone groups is 1. The van der Waals surface area contributed by atoms with E-state index >= 15 is 0 Å². The van der Waals surface area contributed by atoms with Crippen LogP contribution < -0.4 is 0 Å². The van der Waals surface area contributed by atoms with E-state index in [-0.39, 0.29) is 38.9 Å². The minimum atomic E-state index is -3.88. The van der Waals surface area contributed by atoms with Gasteiger partial charge in [-0.3, -0.25) is 4.79 Å². The van der Waals surface area contributed by atoms with Gasteiger partial charge in [-0.05, 0) is 35.9 Å². The van der Waals surface area contributed by atoms with Gasteiger partial charge in [0.2, 0.25) is 9.84 Å². The third-order valence-electron chi connectivity index (χ3n) is 4.64. The second kappa shape index (κ2) is 7.05. The topological polar surface area (TPSA) is 77.5 Å². The summed E-state index contributed by atoms with van der Waals surface area (Å²) >= 11 is 0.